The normalized spacial score (nSPS) is 11.3. The second-order valence-electron chi connectivity index (χ2n) is 5.30. The number of hydrogen-bond acceptors (Lipinski definition) is 4. The largest absolute Gasteiger partial charge is 0.345 e. The van der Waals surface area contributed by atoms with Gasteiger partial charge in [0.2, 0.25) is 0 Å². The minimum atomic E-state index is -0.413. The third-order valence-corrected chi connectivity index (χ3v) is 4.07. The average molecular weight is 377 g/mol. The number of nitrogens with one attached hydrogen (secondary N) is 2. The molecule has 0 aromatic carbocycles. The molecule has 4 heterocycles. The Morgan fingerprint density at radius 2 is 2.12 bits per heavy atom. The van der Waals surface area contributed by atoms with Gasteiger partial charge in [-0.3, -0.25) is 9.59 Å². The van der Waals surface area contributed by atoms with Crippen LogP contribution in [0, 0.1) is 0 Å². The Kier molecular flexibility index (Phi) is 3.70. The van der Waals surface area contributed by atoms with Gasteiger partial charge in [0, 0.05) is 30.9 Å². The molecule has 126 valence electrons. The van der Waals surface area contributed by atoms with Crippen LogP contribution >= 0.6 is 23.2 Å². The smallest absolute Gasteiger partial charge is 0.273 e. The first-order valence-corrected chi connectivity index (χ1v) is 7.95. The lowest BCUT2D eigenvalue weighted by molar-refractivity contribution is 0.0945. The summed E-state index contributed by atoms with van der Waals surface area (Å²) in [6.45, 7) is 0.179. The Bertz CT molecular complexity index is 1180. The zero-order chi connectivity index (χ0) is 17.6. The number of carbonyl (C=O) groups excluding carboxylic acids is 1. The Morgan fingerprint density at radius 1 is 1.28 bits per heavy atom. The van der Waals surface area contributed by atoms with E-state index in [1.54, 1.807) is 29.1 Å². The van der Waals surface area contributed by atoms with Gasteiger partial charge < -0.3 is 14.7 Å². The van der Waals surface area contributed by atoms with E-state index in [0.29, 0.717) is 26.9 Å². The predicted octanol–water partition coefficient (Wildman–Crippen LogP) is 1.91. The summed E-state index contributed by atoms with van der Waals surface area (Å²) in [6, 6.07) is 3.02. The lowest BCUT2D eigenvalue weighted by Gasteiger charge is -1.99. The van der Waals surface area contributed by atoms with Crippen LogP contribution in [0.5, 0.6) is 0 Å². The molecule has 8 nitrogen and oxygen atoms in total. The topological polar surface area (TPSA) is 96.6 Å². The van der Waals surface area contributed by atoms with Gasteiger partial charge in [-0.1, -0.05) is 23.2 Å². The van der Waals surface area contributed by atoms with Crippen LogP contribution in [0.15, 0.2) is 41.7 Å². The van der Waals surface area contributed by atoms with E-state index in [1.807, 2.05) is 0 Å². The molecule has 4 aromatic heterocycles. The van der Waals surface area contributed by atoms with Crippen molar-refractivity contribution in [3.8, 4) is 0 Å². The fourth-order valence-corrected chi connectivity index (χ4v) is 3.00. The molecular formula is C15H10Cl2N6O2. The molecule has 2 N–H and O–H groups in total. The van der Waals surface area contributed by atoms with Crippen LogP contribution in [0.3, 0.4) is 0 Å². The van der Waals surface area contributed by atoms with Gasteiger partial charge in [-0.15, -0.1) is 0 Å². The van der Waals surface area contributed by atoms with E-state index in [2.05, 4.69) is 20.4 Å². The summed E-state index contributed by atoms with van der Waals surface area (Å²) in [7, 11) is 0. The number of aromatic amines is 1. The van der Waals surface area contributed by atoms with Crippen molar-refractivity contribution >= 4 is 40.3 Å². The van der Waals surface area contributed by atoms with E-state index in [4.69, 9.17) is 23.2 Å². The van der Waals surface area contributed by atoms with Crippen molar-refractivity contribution in [2.24, 2.45) is 0 Å². The number of imidazole rings is 1. The molecule has 0 atom stereocenters. The SMILES string of the molecule is O=C(NCc1cn2cc(Cl)cc(Cl)c2n1)c1cc2c(=O)[nH]ccn2n1. The number of pyridine rings is 1. The molecule has 10 heteroatoms. The third kappa shape index (κ3) is 2.86. The Hall–Kier alpha value is -2.84. The van der Waals surface area contributed by atoms with E-state index in [1.165, 1.54) is 16.8 Å². The van der Waals surface area contributed by atoms with Crippen molar-refractivity contribution in [1.29, 1.82) is 0 Å². The van der Waals surface area contributed by atoms with Crippen molar-refractivity contribution in [3.63, 3.8) is 0 Å². The van der Waals surface area contributed by atoms with Crippen molar-refractivity contribution < 1.29 is 4.79 Å². The molecule has 0 bridgehead atoms. The number of H-pyrrole nitrogens is 1. The summed E-state index contributed by atoms with van der Waals surface area (Å²) < 4.78 is 3.04. The monoisotopic (exact) mass is 376 g/mol. The summed E-state index contributed by atoms with van der Waals surface area (Å²) in [4.78, 5) is 30.8. The Morgan fingerprint density at radius 3 is 2.92 bits per heavy atom. The molecule has 4 rings (SSSR count). The lowest BCUT2D eigenvalue weighted by Crippen LogP contribution is -2.23. The average Bonchev–Trinajstić information content (AvgIpc) is 3.17. The van der Waals surface area contributed by atoms with Crippen LogP contribution < -0.4 is 10.9 Å². The molecule has 4 aromatic rings. The molecule has 0 aliphatic heterocycles. The minimum Gasteiger partial charge on any atom is -0.345 e. The molecule has 0 aliphatic carbocycles. The Balaban J connectivity index is 1.56. The number of halogens is 2. The number of nitrogens with zero attached hydrogens (tertiary/aromatic N) is 4. The lowest BCUT2D eigenvalue weighted by atomic mass is 10.3. The number of amides is 1. The summed E-state index contributed by atoms with van der Waals surface area (Å²) in [5.41, 5.74) is 1.28. The van der Waals surface area contributed by atoms with Crippen LogP contribution in [-0.2, 0) is 6.54 Å². The highest BCUT2D eigenvalue weighted by molar-refractivity contribution is 6.36. The first-order valence-electron chi connectivity index (χ1n) is 7.19. The zero-order valence-corrected chi connectivity index (χ0v) is 14.0. The molecular weight excluding hydrogens is 367 g/mol. The van der Waals surface area contributed by atoms with Crippen LogP contribution in [0.4, 0.5) is 0 Å². The fraction of sp³-hybridized carbons (Fsp3) is 0.0667. The van der Waals surface area contributed by atoms with Gasteiger partial charge in [-0.05, 0) is 6.07 Å². The van der Waals surface area contributed by atoms with E-state index in [9.17, 15) is 9.59 Å². The van der Waals surface area contributed by atoms with Gasteiger partial charge in [0.1, 0.15) is 5.52 Å². The fourth-order valence-electron chi connectivity index (χ4n) is 2.47. The minimum absolute atomic E-state index is 0.140. The molecule has 0 saturated heterocycles. The zero-order valence-electron chi connectivity index (χ0n) is 12.5. The van der Waals surface area contributed by atoms with Gasteiger partial charge in [-0.2, -0.15) is 5.10 Å². The number of aromatic nitrogens is 5. The highest BCUT2D eigenvalue weighted by Gasteiger charge is 2.13. The summed E-state index contributed by atoms with van der Waals surface area (Å²) in [5.74, 6) is -0.413. The van der Waals surface area contributed by atoms with Crippen molar-refractivity contribution in [3.05, 3.63) is 68.7 Å². The van der Waals surface area contributed by atoms with Gasteiger partial charge in [0.05, 0.1) is 22.3 Å². The number of rotatable bonds is 3. The number of carbonyl (C=O) groups is 1. The van der Waals surface area contributed by atoms with Gasteiger partial charge in [-0.25, -0.2) is 9.50 Å². The molecule has 0 radical (unpaired) electrons. The van der Waals surface area contributed by atoms with Crippen LogP contribution in [0.25, 0.3) is 11.2 Å². The second-order valence-corrected chi connectivity index (χ2v) is 6.14. The maximum atomic E-state index is 12.3. The van der Waals surface area contributed by atoms with Gasteiger partial charge >= 0.3 is 0 Å². The van der Waals surface area contributed by atoms with Crippen LogP contribution in [0.1, 0.15) is 16.2 Å². The Labute approximate surface area is 150 Å². The summed E-state index contributed by atoms with van der Waals surface area (Å²) in [5, 5.41) is 7.69. The molecule has 0 saturated carbocycles. The van der Waals surface area contributed by atoms with Crippen molar-refractivity contribution in [1.82, 2.24) is 29.3 Å². The predicted molar refractivity (Wildman–Crippen MR) is 92.2 cm³/mol. The van der Waals surface area contributed by atoms with E-state index in [0.717, 1.165) is 0 Å². The van der Waals surface area contributed by atoms with E-state index >= 15 is 0 Å². The number of hydrogen-bond donors (Lipinski definition) is 2. The molecule has 0 unspecified atom stereocenters. The highest BCUT2D eigenvalue weighted by atomic mass is 35.5. The summed E-state index contributed by atoms with van der Waals surface area (Å²) >= 11 is 12.0. The van der Waals surface area contributed by atoms with E-state index < -0.39 is 5.91 Å². The molecule has 0 spiro atoms. The molecule has 1 amide bonds. The van der Waals surface area contributed by atoms with Crippen LogP contribution in [0.2, 0.25) is 10.0 Å². The molecule has 25 heavy (non-hydrogen) atoms. The quantitative estimate of drug-likeness (QED) is 0.570. The first kappa shape index (κ1) is 15.7. The summed E-state index contributed by atoms with van der Waals surface area (Å²) in [6.07, 6.45) is 6.41. The molecule has 0 fully saturated rings. The van der Waals surface area contributed by atoms with Crippen molar-refractivity contribution in [2.75, 3.05) is 0 Å². The van der Waals surface area contributed by atoms with E-state index in [-0.39, 0.29) is 17.8 Å². The maximum Gasteiger partial charge on any atom is 0.273 e. The van der Waals surface area contributed by atoms with Gasteiger partial charge in [0.25, 0.3) is 11.5 Å². The standard InChI is InChI=1S/C15H10Cl2N6O2/c16-8-3-10(17)13-20-9(7-22(13)6-8)5-19-14(24)11-4-12-15(25)18-1-2-23(12)21-11/h1-4,6-7H,5H2,(H,18,25)(H,19,24). The second kappa shape index (κ2) is 5.91. The maximum absolute atomic E-state index is 12.3. The number of fused-ring (bicyclic) bond motifs is 2. The molecule has 0 aliphatic rings. The first-order chi connectivity index (χ1) is 12.0. The van der Waals surface area contributed by atoms with Crippen LogP contribution in [-0.4, -0.2) is 29.9 Å². The van der Waals surface area contributed by atoms with Gasteiger partial charge in [0.15, 0.2) is 11.3 Å². The third-order valence-electron chi connectivity index (χ3n) is 3.58. The highest BCUT2D eigenvalue weighted by Crippen LogP contribution is 2.21. The van der Waals surface area contributed by atoms with Crippen molar-refractivity contribution in [2.45, 2.75) is 6.54 Å².